The molecule has 0 saturated carbocycles. The third kappa shape index (κ3) is 2.81. The van der Waals surface area contributed by atoms with Crippen LogP contribution < -0.4 is 4.74 Å². The fourth-order valence-corrected chi connectivity index (χ4v) is 1.66. The summed E-state index contributed by atoms with van der Waals surface area (Å²) in [5.74, 6) is 0.755. The third-order valence-electron chi connectivity index (χ3n) is 2.69. The molecule has 0 fully saturated rings. The number of hydrogen-bond acceptors (Lipinski definition) is 2. The molecule has 16 heavy (non-hydrogen) atoms. The van der Waals surface area contributed by atoms with Gasteiger partial charge in [-0.25, -0.2) is 4.39 Å². The Morgan fingerprint density at radius 1 is 1.44 bits per heavy atom. The lowest BCUT2D eigenvalue weighted by molar-refractivity contribution is -0.108. The SMILES string of the molecule is COc1ccc(C(C)F)cc1C(C)CC=O. The van der Waals surface area contributed by atoms with Crippen molar-refractivity contribution in [1.29, 1.82) is 0 Å². The number of carbonyl (C=O) groups is 1. The summed E-state index contributed by atoms with van der Waals surface area (Å²) in [5.41, 5.74) is 1.50. The molecule has 0 heterocycles. The lowest BCUT2D eigenvalue weighted by atomic mass is 9.94. The number of rotatable bonds is 5. The third-order valence-corrected chi connectivity index (χ3v) is 2.69. The molecule has 0 amide bonds. The normalized spacial score (nSPS) is 14.2. The van der Waals surface area contributed by atoms with Gasteiger partial charge in [-0.3, -0.25) is 0 Å². The van der Waals surface area contributed by atoms with Crippen LogP contribution in [-0.4, -0.2) is 13.4 Å². The minimum Gasteiger partial charge on any atom is -0.496 e. The molecule has 1 aromatic carbocycles. The molecule has 1 rings (SSSR count). The summed E-state index contributed by atoms with van der Waals surface area (Å²) in [6.45, 7) is 3.43. The Bertz CT molecular complexity index is 361. The highest BCUT2D eigenvalue weighted by molar-refractivity contribution is 5.53. The summed E-state index contributed by atoms with van der Waals surface area (Å²) < 4.78 is 18.4. The Morgan fingerprint density at radius 3 is 2.62 bits per heavy atom. The molecular weight excluding hydrogens is 207 g/mol. The van der Waals surface area contributed by atoms with E-state index in [-0.39, 0.29) is 5.92 Å². The number of carbonyl (C=O) groups excluding carboxylic acids is 1. The Morgan fingerprint density at radius 2 is 2.12 bits per heavy atom. The van der Waals surface area contributed by atoms with Gasteiger partial charge >= 0.3 is 0 Å². The Labute approximate surface area is 95.4 Å². The molecule has 0 spiro atoms. The molecule has 0 N–H and O–H groups in total. The van der Waals surface area contributed by atoms with Crippen molar-refractivity contribution in [1.82, 2.24) is 0 Å². The molecular formula is C13H17FO2. The first-order valence-electron chi connectivity index (χ1n) is 5.35. The monoisotopic (exact) mass is 224 g/mol. The number of aldehydes is 1. The molecule has 2 atom stereocenters. The van der Waals surface area contributed by atoms with Gasteiger partial charge < -0.3 is 9.53 Å². The summed E-state index contributed by atoms with van der Waals surface area (Å²) >= 11 is 0. The molecule has 2 unspecified atom stereocenters. The molecule has 0 aliphatic heterocycles. The molecule has 0 aliphatic rings. The highest BCUT2D eigenvalue weighted by Crippen LogP contribution is 2.31. The van der Waals surface area contributed by atoms with Crippen LogP contribution in [0.5, 0.6) is 5.75 Å². The van der Waals surface area contributed by atoms with E-state index in [2.05, 4.69) is 0 Å². The van der Waals surface area contributed by atoms with E-state index in [0.29, 0.717) is 17.7 Å². The first-order chi connectivity index (χ1) is 7.60. The quantitative estimate of drug-likeness (QED) is 0.716. The predicted octanol–water partition coefficient (Wildman–Crippen LogP) is 3.42. The van der Waals surface area contributed by atoms with Crippen molar-refractivity contribution in [3.05, 3.63) is 29.3 Å². The highest BCUT2D eigenvalue weighted by atomic mass is 19.1. The van der Waals surface area contributed by atoms with Crippen molar-refractivity contribution in [2.24, 2.45) is 0 Å². The van der Waals surface area contributed by atoms with Gasteiger partial charge in [0, 0.05) is 6.42 Å². The number of benzene rings is 1. The summed E-state index contributed by atoms with van der Waals surface area (Å²) in [4.78, 5) is 10.5. The van der Waals surface area contributed by atoms with Gasteiger partial charge in [0.1, 0.15) is 18.2 Å². The largest absolute Gasteiger partial charge is 0.496 e. The van der Waals surface area contributed by atoms with Gasteiger partial charge in [-0.1, -0.05) is 13.0 Å². The molecule has 0 aliphatic carbocycles. The first kappa shape index (κ1) is 12.7. The van der Waals surface area contributed by atoms with Gasteiger partial charge in [0.25, 0.3) is 0 Å². The van der Waals surface area contributed by atoms with Crippen molar-refractivity contribution in [3.8, 4) is 5.75 Å². The molecule has 2 nitrogen and oxygen atoms in total. The van der Waals surface area contributed by atoms with Crippen LogP contribution in [0.25, 0.3) is 0 Å². The number of ether oxygens (including phenoxy) is 1. The molecule has 0 bridgehead atoms. The van der Waals surface area contributed by atoms with E-state index in [9.17, 15) is 9.18 Å². The second-order valence-corrected chi connectivity index (χ2v) is 3.92. The minimum absolute atomic E-state index is 0.0474. The van der Waals surface area contributed by atoms with Gasteiger partial charge in [0.05, 0.1) is 7.11 Å². The van der Waals surface area contributed by atoms with Gasteiger partial charge in [-0.15, -0.1) is 0 Å². The summed E-state index contributed by atoms with van der Waals surface area (Å²) in [6.07, 6.45) is 0.281. The predicted molar refractivity (Wildman–Crippen MR) is 61.6 cm³/mol. The zero-order valence-electron chi connectivity index (χ0n) is 9.87. The van der Waals surface area contributed by atoms with Crippen LogP contribution >= 0.6 is 0 Å². The van der Waals surface area contributed by atoms with E-state index in [0.717, 1.165) is 11.8 Å². The summed E-state index contributed by atoms with van der Waals surface area (Å²) in [7, 11) is 1.57. The summed E-state index contributed by atoms with van der Waals surface area (Å²) in [6, 6.07) is 5.24. The average molecular weight is 224 g/mol. The van der Waals surface area contributed by atoms with Gasteiger partial charge in [-0.05, 0) is 36.1 Å². The van der Waals surface area contributed by atoms with Crippen molar-refractivity contribution in [2.75, 3.05) is 7.11 Å². The number of halogens is 1. The van der Waals surface area contributed by atoms with Gasteiger partial charge in [0.2, 0.25) is 0 Å². The van der Waals surface area contributed by atoms with E-state index < -0.39 is 6.17 Å². The molecule has 0 saturated heterocycles. The van der Waals surface area contributed by atoms with Crippen LogP contribution in [0.2, 0.25) is 0 Å². The highest BCUT2D eigenvalue weighted by Gasteiger charge is 2.13. The molecule has 0 aromatic heterocycles. The van der Waals surface area contributed by atoms with Gasteiger partial charge in [-0.2, -0.15) is 0 Å². The molecule has 1 aromatic rings. The van der Waals surface area contributed by atoms with Gasteiger partial charge in [0.15, 0.2) is 0 Å². The van der Waals surface area contributed by atoms with E-state index in [4.69, 9.17) is 4.74 Å². The minimum atomic E-state index is -1.01. The standard InChI is InChI=1S/C13H17FO2/c1-9(6-7-15)12-8-11(10(2)14)4-5-13(12)16-3/h4-5,7-10H,6H2,1-3H3. The smallest absolute Gasteiger partial charge is 0.122 e. The Hall–Kier alpha value is -1.38. The van der Waals surface area contributed by atoms with Crippen molar-refractivity contribution in [3.63, 3.8) is 0 Å². The molecule has 0 radical (unpaired) electrons. The van der Waals surface area contributed by atoms with E-state index >= 15 is 0 Å². The number of hydrogen-bond donors (Lipinski definition) is 0. The lowest BCUT2D eigenvalue weighted by Gasteiger charge is -2.15. The maximum atomic E-state index is 13.2. The van der Waals surface area contributed by atoms with Crippen molar-refractivity contribution >= 4 is 6.29 Å². The zero-order chi connectivity index (χ0) is 12.1. The van der Waals surface area contributed by atoms with Crippen molar-refractivity contribution < 1.29 is 13.9 Å². The lowest BCUT2D eigenvalue weighted by Crippen LogP contribution is -2.00. The van der Waals surface area contributed by atoms with Crippen LogP contribution in [0.15, 0.2) is 18.2 Å². The fourth-order valence-electron chi connectivity index (χ4n) is 1.66. The topological polar surface area (TPSA) is 26.3 Å². The first-order valence-corrected chi connectivity index (χ1v) is 5.35. The van der Waals surface area contributed by atoms with Crippen LogP contribution in [-0.2, 0) is 4.79 Å². The Balaban J connectivity index is 3.10. The van der Waals surface area contributed by atoms with Crippen LogP contribution in [0, 0.1) is 0 Å². The maximum Gasteiger partial charge on any atom is 0.122 e. The maximum absolute atomic E-state index is 13.2. The second kappa shape index (κ2) is 5.64. The van der Waals surface area contributed by atoms with E-state index in [1.54, 1.807) is 25.3 Å². The number of methoxy groups -OCH3 is 1. The second-order valence-electron chi connectivity index (χ2n) is 3.92. The summed E-state index contributed by atoms with van der Waals surface area (Å²) in [5, 5.41) is 0. The average Bonchev–Trinajstić information content (AvgIpc) is 2.28. The van der Waals surface area contributed by atoms with Crippen LogP contribution in [0.1, 0.15) is 43.5 Å². The van der Waals surface area contributed by atoms with Crippen molar-refractivity contribution in [2.45, 2.75) is 32.4 Å². The zero-order valence-corrected chi connectivity index (χ0v) is 9.87. The Kier molecular flexibility index (Phi) is 4.47. The molecule has 3 heteroatoms. The fraction of sp³-hybridized carbons (Fsp3) is 0.462. The number of alkyl halides is 1. The van der Waals surface area contributed by atoms with E-state index in [1.807, 2.05) is 6.92 Å². The van der Waals surface area contributed by atoms with E-state index in [1.165, 1.54) is 6.92 Å². The van der Waals surface area contributed by atoms with Crippen LogP contribution in [0.4, 0.5) is 4.39 Å². The van der Waals surface area contributed by atoms with Crippen LogP contribution in [0.3, 0.4) is 0 Å². The molecule has 88 valence electrons.